The number of hydrogen-bond donors (Lipinski definition) is 2. The molecule has 174 valence electrons. The first-order chi connectivity index (χ1) is 17.0. The standard InChI is InChI=1S/C26H19ClN4O3S/c27-18-10-12-19(13-11-18)31-25(34)20-8-4-5-9-22(20)30-26(31)35-16-23(32)21(14-28)24(33)29-15-17-6-2-1-3-7-17/h1-13,32H,15-16H2,(H,29,33)/b23-21-. The minimum atomic E-state index is -0.684. The number of para-hydroxylation sites is 1. The Labute approximate surface area is 210 Å². The van der Waals surface area contributed by atoms with E-state index in [1.54, 1.807) is 54.6 Å². The molecule has 9 heteroatoms. The summed E-state index contributed by atoms with van der Waals surface area (Å²) in [5.41, 5.74) is 1.22. The molecule has 1 heterocycles. The van der Waals surface area contributed by atoms with Gasteiger partial charge in [0.2, 0.25) is 0 Å². The average Bonchev–Trinajstić information content (AvgIpc) is 2.88. The Hall–Kier alpha value is -4.06. The number of rotatable bonds is 7. The highest BCUT2D eigenvalue weighted by Crippen LogP contribution is 2.24. The fourth-order valence-electron chi connectivity index (χ4n) is 3.35. The van der Waals surface area contributed by atoms with Gasteiger partial charge in [-0.1, -0.05) is 65.8 Å². The number of benzene rings is 3. The summed E-state index contributed by atoms with van der Waals surface area (Å²) < 4.78 is 1.41. The maximum absolute atomic E-state index is 13.3. The summed E-state index contributed by atoms with van der Waals surface area (Å²) in [5.74, 6) is -1.23. The molecule has 4 rings (SSSR count). The molecule has 0 aliphatic rings. The number of carbonyl (C=O) groups is 1. The summed E-state index contributed by atoms with van der Waals surface area (Å²) in [6.07, 6.45) is 0. The number of halogens is 1. The predicted molar refractivity (Wildman–Crippen MR) is 137 cm³/mol. The summed E-state index contributed by atoms with van der Waals surface area (Å²) in [6, 6.07) is 24.6. The number of thioether (sulfide) groups is 1. The van der Waals surface area contributed by atoms with Crippen molar-refractivity contribution < 1.29 is 9.90 Å². The van der Waals surface area contributed by atoms with Crippen molar-refractivity contribution >= 4 is 40.2 Å². The topological polar surface area (TPSA) is 108 Å². The van der Waals surface area contributed by atoms with Crippen LogP contribution in [0.4, 0.5) is 0 Å². The first kappa shape index (κ1) is 24.1. The minimum absolute atomic E-state index is 0.139. The van der Waals surface area contributed by atoms with Gasteiger partial charge in [0.25, 0.3) is 11.5 Å². The van der Waals surface area contributed by atoms with Gasteiger partial charge in [0.15, 0.2) is 10.7 Å². The molecule has 4 aromatic rings. The fraction of sp³-hybridized carbons (Fsp3) is 0.0769. The van der Waals surface area contributed by atoms with Gasteiger partial charge in [-0.05, 0) is 42.0 Å². The second kappa shape index (κ2) is 10.9. The molecule has 35 heavy (non-hydrogen) atoms. The molecule has 0 saturated heterocycles. The minimum Gasteiger partial charge on any atom is -0.510 e. The van der Waals surface area contributed by atoms with E-state index in [1.807, 2.05) is 30.3 Å². The van der Waals surface area contributed by atoms with Crippen molar-refractivity contribution in [2.24, 2.45) is 0 Å². The van der Waals surface area contributed by atoms with Gasteiger partial charge < -0.3 is 10.4 Å². The number of amides is 1. The summed E-state index contributed by atoms with van der Waals surface area (Å²) in [4.78, 5) is 30.4. The van der Waals surface area contributed by atoms with E-state index in [0.29, 0.717) is 26.8 Å². The van der Waals surface area contributed by atoms with Gasteiger partial charge in [-0.15, -0.1) is 0 Å². The number of aliphatic hydroxyl groups excluding tert-OH is 1. The Morgan fingerprint density at radius 2 is 1.74 bits per heavy atom. The average molecular weight is 503 g/mol. The highest BCUT2D eigenvalue weighted by Gasteiger charge is 2.18. The highest BCUT2D eigenvalue weighted by atomic mass is 35.5. The molecule has 7 nitrogen and oxygen atoms in total. The summed E-state index contributed by atoms with van der Waals surface area (Å²) >= 11 is 7.04. The molecule has 0 unspecified atom stereocenters. The lowest BCUT2D eigenvalue weighted by atomic mass is 10.2. The van der Waals surface area contributed by atoms with Gasteiger partial charge in [0, 0.05) is 11.6 Å². The van der Waals surface area contributed by atoms with Crippen LogP contribution in [0.1, 0.15) is 5.56 Å². The van der Waals surface area contributed by atoms with Crippen LogP contribution >= 0.6 is 23.4 Å². The Bertz CT molecular complexity index is 1510. The van der Waals surface area contributed by atoms with Crippen molar-refractivity contribution in [1.29, 1.82) is 5.26 Å². The number of carbonyl (C=O) groups excluding carboxylic acids is 1. The van der Waals surface area contributed by atoms with Crippen LogP contribution in [0.25, 0.3) is 16.6 Å². The van der Waals surface area contributed by atoms with Gasteiger partial charge in [-0.25, -0.2) is 4.98 Å². The first-order valence-electron chi connectivity index (χ1n) is 10.5. The van der Waals surface area contributed by atoms with Crippen LogP contribution in [-0.2, 0) is 11.3 Å². The van der Waals surface area contributed by atoms with Crippen LogP contribution in [0.5, 0.6) is 0 Å². The van der Waals surface area contributed by atoms with Crippen LogP contribution in [0.15, 0.2) is 100 Å². The van der Waals surface area contributed by atoms with Gasteiger partial charge in [-0.3, -0.25) is 14.2 Å². The molecule has 0 saturated carbocycles. The van der Waals surface area contributed by atoms with E-state index >= 15 is 0 Å². The molecular weight excluding hydrogens is 484 g/mol. The predicted octanol–water partition coefficient (Wildman–Crippen LogP) is 4.78. The molecule has 2 N–H and O–H groups in total. The second-order valence-electron chi connectivity index (χ2n) is 7.42. The molecule has 0 bridgehead atoms. The lowest BCUT2D eigenvalue weighted by Gasteiger charge is -2.13. The molecular formula is C26H19ClN4O3S. The molecule has 0 fully saturated rings. The van der Waals surface area contributed by atoms with Crippen molar-refractivity contribution in [3.05, 3.63) is 111 Å². The van der Waals surface area contributed by atoms with Crippen molar-refractivity contribution in [3.63, 3.8) is 0 Å². The van der Waals surface area contributed by atoms with E-state index in [9.17, 15) is 20.0 Å². The Morgan fingerprint density at radius 3 is 2.46 bits per heavy atom. The molecule has 1 aromatic heterocycles. The third kappa shape index (κ3) is 5.54. The fourth-order valence-corrected chi connectivity index (χ4v) is 4.36. The van der Waals surface area contributed by atoms with Crippen molar-refractivity contribution in [2.75, 3.05) is 5.75 Å². The monoisotopic (exact) mass is 502 g/mol. The third-order valence-electron chi connectivity index (χ3n) is 5.09. The maximum Gasteiger partial charge on any atom is 0.266 e. The number of nitriles is 1. The molecule has 1 amide bonds. The lowest BCUT2D eigenvalue weighted by molar-refractivity contribution is -0.117. The Kier molecular flexibility index (Phi) is 7.51. The van der Waals surface area contributed by atoms with Crippen molar-refractivity contribution in [1.82, 2.24) is 14.9 Å². The normalized spacial score (nSPS) is 11.5. The Balaban J connectivity index is 1.63. The van der Waals surface area contributed by atoms with Crippen LogP contribution < -0.4 is 10.9 Å². The van der Waals surface area contributed by atoms with E-state index in [0.717, 1.165) is 17.3 Å². The largest absolute Gasteiger partial charge is 0.510 e. The number of aromatic nitrogens is 2. The van der Waals surface area contributed by atoms with E-state index < -0.39 is 17.2 Å². The van der Waals surface area contributed by atoms with Gasteiger partial charge in [-0.2, -0.15) is 5.26 Å². The smallest absolute Gasteiger partial charge is 0.266 e. The first-order valence-corrected chi connectivity index (χ1v) is 11.9. The van der Waals surface area contributed by atoms with Gasteiger partial charge in [0.05, 0.1) is 22.3 Å². The molecule has 0 atom stereocenters. The number of nitrogens with zero attached hydrogens (tertiary/aromatic N) is 3. The number of nitrogens with one attached hydrogen (secondary N) is 1. The van der Waals surface area contributed by atoms with Crippen LogP contribution in [-0.4, -0.2) is 26.3 Å². The number of hydrogen-bond acceptors (Lipinski definition) is 6. The van der Waals surface area contributed by atoms with E-state index in [1.165, 1.54) is 4.57 Å². The second-order valence-corrected chi connectivity index (χ2v) is 8.80. The molecule has 0 radical (unpaired) electrons. The van der Waals surface area contributed by atoms with E-state index in [-0.39, 0.29) is 17.9 Å². The summed E-state index contributed by atoms with van der Waals surface area (Å²) in [5, 5.41) is 23.9. The SMILES string of the molecule is N#C/C(C(=O)NCc1ccccc1)=C(/O)CSc1nc2ccccc2c(=O)n1-c1ccc(Cl)cc1. The summed E-state index contributed by atoms with van der Waals surface area (Å²) in [6.45, 7) is 0.216. The van der Waals surface area contributed by atoms with Crippen molar-refractivity contribution in [2.45, 2.75) is 11.7 Å². The zero-order valence-electron chi connectivity index (χ0n) is 18.3. The zero-order chi connectivity index (χ0) is 24.8. The van der Waals surface area contributed by atoms with E-state index in [2.05, 4.69) is 10.3 Å². The van der Waals surface area contributed by atoms with Crippen molar-refractivity contribution in [3.8, 4) is 11.8 Å². The molecule has 0 spiro atoms. The summed E-state index contributed by atoms with van der Waals surface area (Å²) in [7, 11) is 0. The van der Waals surface area contributed by atoms with Crippen LogP contribution in [0.2, 0.25) is 5.02 Å². The van der Waals surface area contributed by atoms with E-state index in [4.69, 9.17) is 11.6 Å². The van der Waals surface area contributed by atoms with Crippen LogP contribution in [0.3, 0.4) is 0 Å². The molecule has 0 aliphatic heterocycles. The molecule has 0 aliphatic carbocycles. The van der Waals surface area contributed by atoms with Crippen LogP contribution in [0, 0.1) is 11.3 Å². The maximum atomic E-state index is 13.3. The van der Waals surface area contributed by atoms with Gasteiger partial charge in [0.1, 0.15) is 11.8 Å². The van der Waals surface area contributed by atoms with Gasteiger partial charge >= 0.3 is 0 Å². The molecule has 3 aromatic carbocycles. The number of aliphatic hydroxyl groups is 1. The third-order valence-corrected chi connectivity index (χ3v) is 6.29. The highest BCUT2D eigenvalue weighted by molar-refractivity contribution is 7.99. The quantitative estimate of drug-likeness (QED) is 0.124. The lowest BCUT2D eigenvalue weighted by Crippen LogP contribution is -2.25. The number of fused-ring (bicyclic) bond motifs is 1. The zero-order valence-corrected chi connectivity index (χ0v) is 19.9. The Morgan fingerprint density at radius 1 is 1.06 bits per heavy atom.